The van der Waals surface area contributed by atoms with E-state index in [0.717, 1.165) is 16.7 Å². The second-order valence-corrected chi connectivity index (χ2v) is 11.0. The van der Waals surface area contributed by atoms with Crippen molar-refractivity contribution in [1.82, 2.24) is 0 Å². The minimum atomic E-state index is -3.30. The zero-order valence-corrected chi connectivity index (χ0v) is 20.7. The predicted molar refractivity (Wildman–Crippen MR) is 135 cm³/mol. The lowest BCUT2D eigenvalue weighted by atomic mass is 10.00. The quantitative estimate of drug-likeness (QED) is 0.522. The molecule has 0 unspecified atom stereocenters. The number of fused-ring (bicyclic) bond motifs is 1. The Hall–Kier alpha value is -3.16. The first-order valence-corrected chi connectivity index (χ1v) is 13.1. The Kier molecular flexibility index (Phi) is 6.51. The zero-order chi connectivity index (χ0) is 24.6. The highest BCUT2D eigenvalue weighted by Gasteiger charge is 2.33. The Morgan fingerprint density at radius 1 is 0.941 bits per heavy atom. The lowest BCUT2D eigenvalue weighted by Gasteiger charge is -2.41. The van der Waals surface area contributed by atoms with E-state index in [2.05, 4.69) is 0 Å². The number of sulfone groups is 1. The van der Waals surface area contributed by atoms with E-state index in [1.54, 1.807) is 46.2 Å². The molecule has 0 saturated heterocycles. The molecule has 0 N–H and O–H groups in total. The fourth-order valence-corrected chi connectivity index (χ4v) is 5.04. The molecule has 3 aromatic rings. The van der Waals surface area contributed by atoms with Crippen molar-refractivity contribution in [3.8, 4) is 11.1 Å². The molecule has 1 atom stereocenters. The van der Waals surface area contributed by atoms with Crippen molar-refractivity contribution >= 4 is 44.6 Å². The summed E-state index contributed by atoms with van der Waals surface area (Å²) in [7, 11) is -3.30. The first-order chi connectivity index (χ1) is 16.0. The number of halogens is 1. The van der Waals surface area contributed by atoms with Crippen molar-refractivity contribution in [3.63, 3.8) is 0 Å². The molecular formula is C26H25ClN2O4S. The van der Waals surface area contributed by atoms with Crippen molar-refractivity contribution in [3.05, 3.63) is 77.3 Å². The van der Waals surface area contributed by atoms with Gasteiger partial charge >= 0.3 is 0 Å². The Morgan fingerprint density at radius 2 is 1.56 bits per heavy atom. The number of amides is 2. The highest BCUT2D eigenvalue weighted by Crippen LogP contribution is 2.39. The van der Waals surface area contributed by atoms with Crippen LogP contribution in [0.3, 0.4) is 0 Å². The first-order valence-electron chi connectivity index (χ1n) is 10.8. The summed E-state index contributed by atoms with van der Waals surface area (Å²) in [6, 6.07) is 19.2. The number of hydrogen-bond acceptors (Lipinski definition) is 4. The second kappa shape index (κ2) is 9.24. The van der Waals surface area contributed by atoms with Gasteiger partial charge < -0.3 is 9.80 Å². The fourth-order valence-electron chi connectivity index (χ4n) is 4.29. The standard InChI is InChI=1S/C26H25ClN2O4S/c1-17-16-28(26(31)14-19-4-9-22(27)10-5-19)25-15-21(8-13-24(25)29(17)18(2)30)20-6-11-23(12-7-20)34(3,32)33/h4-13,15,17H,14,16H2,1-3H3/t17-/m0/s1. The average Bonchev–Trinajstić information content (AvgIpc) is 2.79. The van der Waals surface area contributed by atoms with E-state index < -0.39 is 9.84 Å². The molecule has 176 valence electrons. The van der Waals surface area contributed by atoms with Crippen LogP contribution in [0, 0.1) is 0 Å². The Balaban J connectivity index is 1.74. The molecule has 4 rings (SSSR count). The number of anilines is 2. The molecule has 0 radical (unpaired) electrons. The molecule has 0 saturated carbocycles. The summed E-state index contributed by atoms with van der Waals surface area (Å²) >= 11 is 5.97. The van der Waals surface area contributed by atoms with Crippen LogP contribution < -0.4 is 9.80 Å². The highest BCUT2D eigenvalue weighted by molar-refractivity contribution is 7.90. The van der Waals surface area contributed by atoms with Gasteiger partial charge in [0.15, 0.2) is 9.84 Å². The molecule has 0 aromatic heterocycles. The first kappa shape index (κ1) is 24.0. The normalized spacial score (nSPS) is 15.7. The molecule has 1 heterocycles. The number of hydrogen-bond donors (Lipinski definition) is 0. The van der Waals surface area contributed by atoms with Crippen molar-refractivity contribution in [1.29, 1.82) is 0 Å². The van der Waals surface area contributed by atoms with Gasteiger partial charge in [0.25, 0.3) is 0 Å². The molecule has 8 heteroatoms. The molecule has 1 aliphatic heterocycles. The molecular weight excluding hydrogens is 472 g/mol. The third kappa shape index (κ3) is 4.86. The van der Waals surface area contributed by atoms with Gasteiger partial charge in [-0.2, -0.15) is 0 Å². The highest BCUT2D eigenvalue weighted by atomic mass is 35.5. The van der Waals surface area contributed by atoms with Gasteiger partial charge in [0.1, 0.15) is 0 Å². The molecule has 34 heavy (non-hydrogen) atoms. The van der Waals surface area contributed by atoms with Gasteiger partial charge in [0.2, 0.25) is 11.8 Å². The minimum absolute atomic E-state index is 0.0804. The summed E-state index contributed by atoms with van der Waals surface area (Å²) in [5.74, 6) is -0.174. The number of carbonyl (C=O) groups excluding carboxylic acids is 2. The Labute approximate surface area is 204 Å². The van der Waals surface area contributed by atoms with Crippen LogP contribution in [0.15, 0.2) is 71.6 Å². The van der Waals surface area contributed by atoms with Crippen molar-refractivity contribution in [2.24, 2.45) is 0 Å². The van der Waals surface area contributed by atoms with Crippen LogP contribution in [0.25, 0.3) is 11.1 Å². The topological polar surface area (TPSA) is 74.8 Å². The maximum Gasteiger partial charge on any atom is 0.231 e. The van der Waals surface area contributed by atoms with Crippen LogP contribution in [0.2, 0.25) is 5.02 Å². The van der Waals surface area contributed by atoms with Gasteiger partial charge in [-0.1, -0.05) is 41.9 Å². The fraction of sp³-hybridized carbons (Fsp3) is 0.231. The molecule has 0 aliphatic carbocycles. The molecule has 0 spiro atoms. The maximum absolute atomic E-state index is 13.4. The van der Waals surface area contributed by atoms with Crippen molar-refractivity contribution < 1.29 is 18.0 Å². The van der Waals surface area contributed by atoms with E-state index >= 15 is 0 Å². The maximum atomic E-state index is 13.4. The number of benzene rings is 3. The summed E-state index contributed by atoms with van der Waals surface area (Å²) in [6.07, 6.45) is 1.37. The second-order valence-electron chi connectivity index (χ2n) is 8.55. The third-order valence-electron chi connectivity index (χ3n) is 5.94. The van der Waals surface area contributed by atoms with Gasteiger partial charge in [0, 0.05) is 24.7 Å². The van der Waals surface area contributed by atoms with Gasteiger partial charge in [-0.25, -0.2) is 8.42 Å². The monoisotopic (exact) mass is 496 g/mol. The summed E-state index contributed by atoms with van der Waals surface area (Å²) in [6.45, 7) is 3.81. The van der Waals surface area contributed by atoms with Crippen LogP contribution >= 0.6 is 11.6 Å². The molecule has 3 aromatic carbocycles. The molecule has 1 aliphatic rings. The Morgan fingerprint density at radius 3 is 2.15 bits per heavy atom. The summed E-state index contributed by atoms with van der Waals surface area (Å²) in [4.78, 5) is 29.4. The third-order valence-corrected chi connectivity index (χ3v) is 7.32. The lowest BCUT2D eigenvalue weighted by Crippen LogP contribution is -2.51. The molecule has 0 fully saturated rings. The van der Waals surface area contributed by atoms with Crippen molar-refractivity contribution in [2.45, 2.75) is 31.2 Å². The average molecular weight is 497 g/mol. The van der Waals surface area contributed by atoms with Crippen LogP contribution in [0.4, 0.5) is 11.4 Å². The van der Waals surface area contributed by atoms with E-state index in [1.807, 2.05) is 37.3 Å². The Bertz CT molecular complexity index is 1350. The molecule has 6 nitrogen and oxygen atoms in total. The largest absolute Gasteiger partial charge is 0.308 e. The zero-order valence-electron chi connectivity index (χ0n) is 19.2. The van der Waals surface area contributed by atoms with E-state index in [9.17, 15) is 18.0 Å². The van der Waals surface area contributed by atoms with E-state index in [4.69, 9.17) is 11.6 Å². The van der Waals surface area contributed by atoms with Crippen LogP contribution in [0.5, 0.6) is 0 Å². The summed E-state index contributed by atoms with van der Waals surface area (Å²) in [5, 5.41) is 0.608. The van der Waals surface area contributed by atoms with Gasteiger partial charge in [-0.15, -0.1) is 0 Å². The van der Waals surface area contributed by atoms with Gasteiger partial charge in [-0.05, 0) is 60.0 Å². The number of carbonyl (C=O) groups is 2. The lowest BCUT2D eigenvalue weighted by molar-refractivity contribution is -0.119. The van der Waals surface area contributed by atoms with Crippen molar-refractivity contribution in [2.75, 3.05) is 22.6 Å². The SMILES string of the molecule is CC(=O)N1c2ccc(-c3ccc(S(C)(=O)=O)cc3)cc2N(C(=O)Cc2ccc(Cl)cc2)C[C@@H]1C. The van der Waals surface area contributed by atoms with Gasteiger partial charge in [-0.3, -0.25) is 9.59 Å². The van der Waals surface area contributed by atoms with Crippen LogP contribution in [0.1, 0.15) is 19.4 Å². The molecule has 2 amide bonds. The van der Waals surface area contributed by atoms with E-state index in [-0.39, 0.29) is 29.2 Å². The molecule has 0 bridgehead atoms. The number of nitrogens with zero attached hydrogens (tertiary/aromatic N) is 2. The van der Waals surface area contributed by atoms with E-state index in [1.165, 1.54) is 13.2 Å². The summed E-state index contributed by atoms with van der Waals surface area (Å²) in [5.41, 5.74) is 3.81. The van der Waals surface area contributed by atoms with Crippen LogP contribution in [-0.2, 0) is 25.8 Å². The van der Waals surface area contributed by atoms with Gasteiger partial charge in [0.05, 0.1) is 28.7 Å². The minimum Gasteiger partial charge on any atom is -0.308 e. The van der Waals surface area contributed by atoms with Crippen LogP contribution in [-0.4, -0.2) is 39.1 Å². The number of rotatable bonds is 4. The predicted octanol–water partition coefficient (Wildman–Crippen LogP) is 4.74. The summed E-state index contributed by atoms with van der Waals surface area (Å²) < 4.78 is 23.6. The smallest absolute Gasteiger partial charge is 0.231 e. The van der Waals surface area contributed by atoms with E-state index in [0.29, 0.717) is 22.9 Å².